The number of carbonyl (C=O) groups excluding carboxylic acids is 1. The Balaban J connectivity index is 1.40. The Bertz CT molecular complexity index is 1180. The Labute approximate surface area is 179 Å². The van der Waals surface area contributed by atoms with Crippen molar-refractivity contribution in [3.63, 3.8) is 0 Å². The molecule has 0 radical (unpaired) electrons. The number of fused-ring (bicyclic) bond motifs is 1. The third kappa shape index (κ3) is 3.94. The van der Waals surface area contributed by atoms with Crippen LogP contribution >= 0.6 is 0 Å². The molecule has 1 aromatic carbocycles. The number of hydrogen-bond donors (Lipinski definition) is 2. The number of aliphatic hydroxyl groups is 1. The average Bonchev–Trinajstić information content (AvgIpc) is 3.45. The number of pyridine rings is 1. The van der Waals surface area contributed by atoms with Crippen molar-refractivity contribution in [1.82, 2.24) is 29.9 Å². The first-order chi connectivity index (χ1) is 15.2. The zero-order chi connectivity index (χ0) is 21.2. The van der Waals surface area contributed by atoms with Gasteiger partial charge in [0.25, 0.3) is 5.91 Å². The van der Waals surface area contributed by atoms with E-state index >= 15 is 0 Å². The maximum absolute atomic E-state index is 13.0. The lowest BCUT2D eigenvalue weighted by Crippen LogP contribution is -2.45. The second-order valence-electron chi connectivity index (χ2n) is 7.93. The van der Waals surface area contributed by atoms with Gasteiger partial charge in [-0.2, -0.15) is 10.2 Å². The number of carbonyl (C=O) groups is 1. The molecule has 1 aliphatic carbocycles. The van der Waals surface area contributed by atoms with Crippen LogP contribution in [-0.2, 0) is 6.54 Å². The van der Waals surface area contributed by atoms with Crippen molar-refractivity contribution < 1.29 is 9.90 Å². The van der Waals surface area contributed by atoms with Crippen LogP contribution < -0.4 is 5.32 Å². The quantitative estimate of drug-likeness (QED) is 0.521. The summed E-state index contributed by atoms with van der Waals surface area (Å²) < 4.78 is 3.61. The molecular weight excluding hydrogens is 392 g/mol. The predicted molar refractivity (Wildman–Crippen MR) is 116 cm³/mol. The average molecular weight is 416 g/mol. The molecule has 1 amide bonds. The van der Waals surface area contributed by atoms with Gasteiger partial charge in [-0.15, -0.1) is 0 Å². The summed E-state index contributed by atoms with van der Waals surface area (Å²) in [5.74, 6) is -0.289. The number of aliphatic hydroxyl groups excluding tert-OH is 1. The van der Waals surface area contributed by atoms with Gasteiger partial charge in [0.1, 0.15) is 5.52 Å². The minimum atomic E-state index is -0.507. The summed E-state index contributed by atoms with van der Waals surface area (Å²) in [6.07, 6.45) is 8.29. The smallest absolute Gasteiger partial charge is 0.274 e. The van der Waals surface area contributed by atoms with Crippen molar-refractivity contribution in [1.29, 1.82) is 0 Å². The lowest BCUT2D eigenvalue weighted by molar-refractivity contribution is 0.0714. The lowest BCUT2D eigenvalue weighted by atomic mass is 9.92. The van der Waals surface area contributed by atoms with Crippen molar-refractivity contribution >= 4 is 16.9 Å². The molecule has 2 N–H and O–H groups in total. The Morgan fingerprint density at radius 3 is 2.71 bits per heavy atom. The Hall–Kier alpha value is -3.52. The van der Waals surface area contributed by atoms with Crippen LogP contribution in [0, 0.1) is 0 Å². The third-order valence-corrected chi connectivity index (χ3v) is 5.81. The van der Waals surface area contributed by atoms with Gasteiger partial charge < -0.3 is 10.4 Å². The summed E-state index contributed by atoms with van der Waals surface area (Å²) in [7, 11) is 0. The van der Waals surface area contributed by atoms with Crippen LogP contribution in [0.5, 0.6) is 0 Å². The molecule has 0 spiro atoms. The zero-order valence-electron chi connectivity index (χ0n) is 17.1. The highest BCUT2D eigenvalue weighted by Gasteiger charge is 2.27. The van der Waals surface area contributed by atoms with E-state index in [1.54, 1.807) is 21.8 Å². The molecule has 0 bridgehead atoms. The van der Waals surface area contributed by atoms with Crippen molar-refractivity contribution in [3.8, 4) is 5.69 Å². The van der Waals surface area contributed by atoms with Crippen molar-refractivity contribution in [2.45, 2.75) is 44.4 Å². The van der Waals surface area contributed by atoms with Crippen molar-refractivity contribution in [2.75, 3.05) is 0 Å². The minimum absolute atomic E-state index is 0.236. The van der Waals surface area contributed by atoms with Gasteiger partial charge in [-0.3, -0.25) is 14.5 Å². The molecule has 8 nitrogen and oxygen atoms in total. The molecule has 4 aromatic rings. The van der Waals surface area contributed by atoms with Gasteiger partial charge in [-0.25, -0.2) is 4.68 Å². The number of rotatable bonds is 5. The SMILES string of the molecule is O=C(N[C@H]1CCCC[C@@H]1O)c1nn(Cc2ccc(-n3cccn3)cc2)c2cccnc12. The largest absolute Gasteiger partial charge is 0.391 e. The van der Waals surface area contributed by atoms with E-state index in [-0.39, 0.29) is 11.9 Å². The van der Waals surface area contributed by atoms with Crippen molar-refractivity contribution in [3.05, 3.63) is 72.3 Å². The highest BCUT2D eigenvalue weighted by atomic mass is 16.3. The number of nitrogens with one attached hydrogen (secondary N) is 1. The summed E-state index contributed by atoms with van der Waals surface area (Å²) in [6, 6.07) is 13.5. The fourth-order valence-electron chi connectivity index (χ4n) is 4.15. The van der Waals surface area contributed by atoms with Gasteiger partial charge >= 0.3 is 0 Å². The van der Waals surface area contributed by atoms with Gasteiger partial charge in [0, 0.05) is 18.6 Å². The van der Waals surface area contributed by atoms with Crippen molar-refractivity contribution in [2.24, 2.45) is 0 Å². The molecule has 0 aliphatic heterocycles. The van der Waals surface area contributed by atoms with Crippen LogP contribution in [0.3, 0.4) is 0 Å². The van der Waals surface area contributed by atoms with Gasteiger partial charge in [-0.1, -0.05) is 25.0 Å². The second kappa shape index (κ2) is 8.31. The first-order valence-corrected chi connectivity index (χ1v) is 10.6. The van der Waals surface area contributed by atoms with Gasteiger partial charge in [-0.05, 0) is 48.7 Å². The molecular formula is C23H24N6O2. The summed E-state index contributed by atoms with van der Waals surface area (Å²) in [5.41, 5.74) is 3.69. The topological polar surface area (TPSA) is 97.9 Å². The highest BCUT2D eigenvalue weighted by Crippen LogP contribution is 2.21. The molecule has 1 saturated carbocycles. The molecule has 3 heterocycles. The molecule has 1 fully saturated rings. The maximum atomic E-state index is 13.0. The van der Waals surface area contributed by atoms with E-state index in [4.69, 9.17) is 0 Å². The molecule has 0 unspecified atom stereocenters. The molecule has 158 valence electrons. The van der Waals surface area contributed by atoms with E-state index in [0.717, 1.165) is 36.0 Å². The summed E-state index contributed by atoms with van der Waals surface area (Å²) in [4.78, 5) is 17.4. The molecule has 1 aliphatic rings. The normalized spacial score (nSPS) is 18.9. The number of aromatic nitrogens is 5. The van der Waals surface area contributed by atoms with Crippen LogP contribution in [-0.4, -0.2) is 47.7 Å². The first-order valence-electron chi connectivity index (χ1n) is 10.6. The third-order valence-electron chi connectivity index (χ3n) is 5.81. The van der Waals surface area contributed by atoms with E-state index in [1.807, 2.05) is 48.7 Å². The Morgan fingerprint density at radius 1 is 1.10 bits per heavy atom. The second-order valence-corrected chi connectivity index (χ2v) is 7.93. The standard InChI is InChI=1S/C23H24N6O2/c30-20-7-2-1-5-18(20)26-23(31)22-21-19(6-3-12-24-21)29(27-22)15-16-8-10-17(11-9-16)28-14-4-13-25-28/h3-4,6,8-14,18,20,30H,1-2,5,7,15H2,(H,26,31)/t18-,20-/m0/s1. The van der Waals surface area contributed by atoms with Crippen LogP contribution in [0.15, 0.2) is 61.1 Å². The summed E-state index contributed by atoms with van der Waals surface area (Å²) >= 11 is 0. The predicted octanol–water partition coefficient (Wildman–Crippen LogP) is 2.70. The van der Waals surface area contributed by atoms with Crippen LogP contribution in [0.1, 0.15) is 41.7 Å². The zero-order valence-corrected chi connectivity index (χ0v) is 17.1. The number of hydrogen-bond acceptors (Lipinski definition) is 5. The van der Waals surface area contributed by atoms with Gasteiger partial charge in [0.05, 0.1) is 29.9 Å². The monoisotopic (exact) mass is 416 g/mol. The first kappa shape index (κ1) is 19.4. The Morgan fingerprint density at radius 2 is 1.94 bits per heavy atom. The maximum Gasteiger partial charge on any atom is 0.274 e. The molecule has 31 heavy (non-hydrogen) atoms. The van der Waals surface area contributed by atoms with Crippen LogP contribution in [0.2, 0.25) is 0 Å². The summed E-state index contributed by atoms with van der Waals surface area (Å²) in [6.45, 7) is 0.515. The molecule has 5 rings (SSSR count). The minimum Gasteiger partial charge on any atom is -0.391 e. The molecule has 3 aromatic heterocycles. The fourth-order valence-corrected chi connectivity index (χ4v) is 4.15. The van der Waals surface area contributed by atoms with Gasteiger partial charge in [0.15, 0.2) is 5.69 Å². The molecule has 8 heteroatoms. The molecule has 0 saturated heterocycles. The highest BCUT2D eigenvalue weighted by molar-refractivity contribution is 6.03. The van der Waals surface area contributed by atoms with E-state index in [2.05, 4.69) is 20.5 Å². The number of nitrogens with zero attached hydrogens (tertiary/aromatic N) is 5. The Kier molecular flexibility index (Phi) is 5.21. The summed E-state index contributed by atoms with van der Waals surface area (Å²) in [5, 5.41) is 22.0. The van der Waals surface area contributed by atoms with E-state index in [9.17, 15) is 9.90 Å². The van der Waals surface area contributed by atoms with E-state index in [0.29, 0.717) is 24.2 Å². The van der Waals surface area contributed by atoms with Gasteiger partial charge in [0.2, 0.25) is 0 Å². The molecule has 2 atom stereocenters. The van der Waals surface area contributed by atoms with E-state index in [1.165, 1.54) is 0 Å². The number of benzene rings is 1. The van der Waals surface area contributed by atoms with E-state index < -0.39 is 6.10 Å². The number of amides is 1. The van der Waals surface area contributed by atoms with Crippen LogP contribution in [0.25, 0.3) is 16.7 Å². The lowest BCUT2D eigenvalue weighted by Gasteiger charge is -2.27. The van der Waals surface area contributed by atoms with Crippen LogP contribution in [0.4, 0.5) is 0 Å². The fraction of sp³-hybridized carbons (Fsp3) is 0.304.